The van der Waals surface area contributed by atoms with Gasteiger partial charge in [-0.05, 0) is 19.3 Å². The van der Waals surface area contributed by atoms with Crippen molar-refractivity contribution < 1.29 is 4.79 Å². The zero-order valence-corrected chi connectivity index (χ0v) is 12.0. The fourth-order valence-electron chi connectivity index (χ4n) is 2.47. The van der Waals surface area contributed by atoms with Crippen molar-refractivity contribution in [3.63, 3.8) is 0 Å². The average molecular weight is 262 g/mol. The average Bonchev–Trinajstić information content (AvgIpc) is 2.46. The Balaban J connectivity index is 1.97. The number of aromatic nitrogens is 2. The topological polar surface area (TPSA) is 49.3 Å². The summed E-state index contributed by atoms with van der Waals surface area (Å²) >= 11 is 0. The first kappa shape index (κ1) is 13.8. The lowest BCUT2D eigenvalue weighted by Gasteiger charge is -2.33. The largest absolute Gasteiger partial charge is 0.356 e. The molecule has 0 saturated carbocycles. The Bertz CT molecular complexity index is 439. The molecule has 1 amide bonds. The maximum Gasteiger partial charge on any atom is 0.225 e. The van der Waals surface area contributed by atoms with Crippen molar-refractivity contribution in [2.45, 2.75) is 26.2 Å². The minimum Gasteiger partial charge on any atom is -0.356 e. The lowest BCUT2D eigenvalue weighted by atomic mass is 9.95. The second-order valence-electron chi connectivity index (χ2n) is 5.22. The molecular weight excluding hydrogens is 240 g/mol. The Kier molecular flexibility index (Phi) is 4.35. The van der Waals surface area contributed by atoms with Gasteiger partial charge < -0.3 is 9.80 Å². The van der Waals surface area contributed by atoms with Crippen LogP contribution in [0.1, 0.15) is 25.5 Å². The van der Waals surface area contributed by atoms with Crippen LogP contribution in [0, 0.1) is 5.92 Å². The van der Waals surface area contributed by atoms with Crippen LogP contribution in [-0.2, 0) is 11.2 Å². The van der Waals surface area contributed by atoms with Gasteiger partial charge in [-0.15, -0.1) is 0 Å². The molecule has 1 aliphatic heterocycles. The van der Waals surface area contributed by atoms with Crippen molar-refractivity contribution in [1.82, 2.24) is 14.9 Å². The molecule has 0 unspecified atom stereocenters. The molecule has 0 bridgehead atoms. The Labute approximate surface area is 114 Å². The van der Waals surface area contributed by atoms with Crippen molar-refractivity contribution in [3.8, 4) is 0 Å². The number of aryl methyl sites for hydroxylation is 1. The summed E-state index contributed by atoms with van der Waals surface area (Å²) in [6, 6.07) is 2.05. The summed E-state index contributed by atoms with van der Waals surface area (Å²) in [5.41, 5.74) is 1.07. The molecule has 104 valence electrons. The van der Waals surface area contributed by atoms with Gasteiger partial charge >= 0.3 is 0 Å². The molecule has 1 saturated heterocycles. The van der Waals surface area contributed by atoms with Crippen LogP contribution in [-0.4, -0.2) is 48.0 Å². The van der Waals surface area contributed by atoms with Crippen LogP contribution in [0.4, 0.5) is 5.82 Å². The van der Waals surface area contributed by atoms with Gasteiger partial charge in [0.05, 0.1) is 0 Å². The second kappa shape index (κ2) is 5.99. The van der Waals surface area contributed by atoms with Crippen molar-refractivity contribution >= 4 is 11.7 Å². The molecule has 5 nitrogen and oxygen atoms in total. The molecule has 1 aromatic heterocycles. The Hall–Kier alpha value is -1.65. The molecule has 0 N–H and O–H groups in total. The quantitative estimate of drug-likeness (QED) is 0.825. The maximum absolute atomic E-state index is 11.9. The lowest BCUT2D eigenvalue weighted by Crippen LogP contribution is -2.40. The van der Waals surface area contributed by atoms with E-state index in [-0.39, 0.29) is 11.8 Å². The van der Waals surface area contributed by atoms with Crippen molar-refractivity contribution in [1.29, 1.82) is 0 Å². The number of rotatable bonds is 3. The summed E-state index contributed by atoms with van der Waals surface area (Å²) in [5, 5.41) is 0. The Morgan fingerprint density at radius 2 is 2.05 bits per heavy atom. The molecule has 0 spiro atoms. The molecule has 0 aliphatic carbocycles. The first-order valence-electron chi connectivity index (χ1n) is 6.89. The van der Waals surface area contributed by atoms with Crippen LogP contribution in [0.25, 0.3) is 0 Å². The number of hydrogen-bond acceptors (Lipinski definition) is 4. The highest BCUT2D eigenvalue weighted by Crippen LogP contribution is 2.23. The smallest absolute Gasteiger partial charge is 0.225 e. The van der Waals surface area contributed by atoms with Gasteiger partial charge in [0.25, 0.3) is 0 Å². The van der Waals surface area contributed by atoms with Crippen LogP contribution in [0.15, 0.2) is 12.4 Å². The fourth-order valence-corrected chi connectivity index (χ4v) is 2.47. The number of nitrogens with zero attached hydrogens (tertiary/aromatic N) is 4. The fraction of sp³-hybridized carbons (Fsp3) is 0.643. The lowest BCUT2D eigenvalue weighted by molar-refractivity contribution is -0.133. The van der Waals surface area contributed by atoms with Gasteiger partial charge in [0.15, 0.2) is 0 Å². The second-order valence-corrected chi connectivity index (χ2v) is 5.22. The van der Waals surface area contributed by atoms with E-state index in [2.05, 4.69) is 21.8 Å². The molecule has 1 aromatic rings. The number of amides is 1. The summed E-state index contributed by atoms with van der Waals surface area (Å²) in [5.74, 6) is 1.40. The van der Waals surface area contributed by atoms with E-state index in [9.17, 15) is 4.79 Å². The van der Waals surface area contributed by atoms with Crippen LogP contribution >= 0.6 is 0 Å². The molecule has 5 heteroatoms. The predicted molar refractivity (Wildman–Crippen MR) is 75.0 cm³/mol. The third-order valence-electron chi connectivity index (χ3n) is 3.68. The van der Waals surface area contributed by atoms with E-state index < -0.39 is 0 Å². The van der Waals surface area contributed by atoms with Crippen molar-refractivity contribution in [2.75, 3.05) is 32.1 Å². The molecule has 0 radical (unpaired) electrons. The van der Waals surface area contributed by atoms with Crippen molar-refractivity contribution in [3.05, 3.63) is 18.1 Å². The number of piperidine rings is 1. The molecular formula is C14H22N4O. The zero-order chi connectivity index (χ0) is 13.8. The van der Waals surface area contributed by atoms with E-state index in [4.69, 9.17) is 0 Å². The Morgan fingerprint density at radius 1 is 1.37 bits per heavy atom. The SMILES string of the molecule is CCc1cc(N2CCC(C(=O)N(C)C)CC2)ncn1. The van der Waals surface area contributed by atoms with Gasteiger partial charge in [0.2, 0.25) is 5.91 Å². The van der Waals surface area contributed by atoms with Crippen LogP contribution in [0.3, 0.4) is 0 Å². The summed E-state index contributed by atoms with van der Waals surface area (Å²) in [6.45, 7) is 3.88. The summed E-state index contributed by atoms with van der Waals surface area (Å²) < 4.78 is 0. The van der Waals surface area contributed by atoms with Gasteiger partial charge in [-0.25, -0.2) is 9.97 Å². The highest BCUT2D eigenvalue weighted by atomic mass is 16.2. The first-order valence-corrected chi connectivity index (χ1v) is 6.89. The molecule has 1 aliphatic rings. The first-order chi connectivity index (χ1) is 9.11. The summed E-state index contributed by atoms with van der Waals surface area (Å²) in [7, 11) is 3.65. The number of anilines is 1. The summed E-state index contributed by atoms with van der Waals surface area (Å²) in [6.07, 6.45) is 4.36. The van der Waals surface area contributed by atoms with Crippen LogP contribution < -0.4 is 4.90 Å². The van der Waals surface area contributed by atoms with E-state index in [1.807, 2.05) is 20.2 Å². The van der Waals surface area contributed by atoms with Crippen LogP contribution in [0.2, 0.25) is 0 Å². The maximum atomic E-state index is 11.9. The summed E-state index contributed by atoms with van der Waals surface area (Å²) in [4.78, 5) is 24.4. The number of hydrogen-bond donors (Lipinski definition) is 0. The highest BCUT2D eigenvalue weighted by Gasteiger charge is 2.26. The number of carbonyl (C=O) groups is 1. The monoisotopic (exact) mass is 262 g/mol. The Morgan fingerprint density at radius 3 is 2.63 bits per heavy atom. The van der Waals surface area contributed by atoms with Crippen LogP contribution in [0.5, 0.6) is 0 Å². The molecule has 19 heavy (non-hydrogen) atoms. The van der Waals surface area contributed by atoms with E-state index >= 15 is 0 Å². The van der Waals surface area contributed by atoms with E-state index in [0.717, 1.165) is 43.9 Å². The highest BCUT2D eigenvalue weighted by molar-refractivity contribution is 5.78. The number of carbonyl (C=O) groups excluding carboxylic acids is 1. The predicted octanol–water partition coefficient (Wildman–Crippen LogP) is 1.34. The molecule has 0 atom stereocenters. The van der Waals surface area contributed by atoms with E-state index in [1.54, 1.807) is 11.2 Å². The molecule has 1 fully saturated rings. The standard InChI is InChI=1S/C14H22N4O/c1-4-12-9-13(16-10-15-12)18-7-5-11(6-8-18)14(19)17(2)3/h9-11H,4-8H2,1-3H3. The van der Waals surface area contributed by atoms with Gasteiger partial charge in [0, 0.05) is 44.9 Å². The molecule has 2 rings (SSSR count). The van der Waals surface area contributed by atoms with Gasteiger partial charge in [0.1, 0.15) is 12.1 Å². The minimum absolute atomic E-state index is 0.165. The van der Waals surface area contributed by atoms with Crippen molar-refractivity contribution in [2.24, 2.45) is 5.92 Å². The van der Waals surface area contributed by atoms with Gasteiger partial charge in [-0.2, -0.15) is 0 Å². The normalized spacial score (nSPS) is 16.5. The van der Waals surface area contributed by atoms with Gasteiger partial charge in [-0.1, -0.05) is 6.92 Å². The molecule has 2 heterocycles. The minimum atomic E-state index is 0.165. The third-order valence-corrected chi connectivity index (χ3v) is 3.68. The third kappa shape index (κ3) is 3.22. The van der Waals surface area contributed by atoms with E-state index in [0.29, 0.717) is 0 Å². The molecule has 0 aromatic carbocycles. The zero-order valence-electron chi connectivity index (χ0n) is 12.0. The van der Waals surface area contributed by atoms with E-state index in [1.165, 1.54) is 0 Å². The van der Waals surface area contributed by atoms with Gasteiger partial charge in [-0.3, -0.25) is 4.79 Å².